The number of carbonyl (C=O) groups excluding carboxylic acids is 2. The first-order chi connectivity index (χ1) is 9.01. The first-order valence-corrected chi connectivity index (χ1v) is 7.12. The standard InChI is InChI=1S/C13H16ClNO3S/c1-9(7-13(17)18-2)15-12(16)8-19-11-5-3-10(14)4-6-11/h3-6,9H,7-8H2,1-2H3,(H,15,16). The number of esters is 1. The summed E-state index contributed by atoms with van der Waals surface area (Å²) >= 11 is 7.19. The van der Waals surface area contributed by atoms with Gasteiger partial charge in [-0.15, -0.1) is 11.8 Å². The maximum Gasteiger partial charge on any atom is 0.307 e. The maximum absolute atomic E-state index is 11.7. The summed E-state index contributed by atoms with van der Waals surface area (Å²) in [5, 5.41) is 3.41. The number of nitrogens with one attached hydrogen (secondary N) is 1. The molecule has 19 heavy (non-hydrogen) atoms. The van der Waals surface area contributed by atoms with Crippen LogP contribution in [0.3, 0.4) is 0 Å². The normalized spacial score (nSPS) is 11.7. The van der Waals surface area contributed by atoms with Gasteiger partial charge in [0.1, 0.15) is 0 Å². The second-order valence-electron chi connectivity index (χ2n) is 3.99. The van der Waals surface area contributed by atoms with Gasteiger partial charge in [0.25, 0.3) is 0 Å². The summed E-state index contributed by atoms with van der Waals surface area (Å²) in [4.78, 5) is 23.6. The summed E-state index contributed by atoms with van der Waals surface area (Å²) in [7, 11) is 1.33. The van der Waals surface area contributed by atoms with Gasteiger partial charge in [0.2, 0.25) is 5.91 Å². The van der Waals surface area contributed by atoms with Gasteiger partial charge in [-0.25, -0.2) is 0 Å². The molecule has 0 bridgehead atoms. The Balaban J connectivity index is 2.31. The quantitative estimate of drug-likeness (QED) is 0.648. The van der Waals surface area contributed by atoms with Gasteiger partial charge in [-0.3, -0.25) is 9.59 Å². The van der Waals surface area contributed by atoms with Crippen LogP contribution in [0.15, 0.2) is 29.2 Å². The first-order valence-electron chi connectivity index (χ1n) is 5.76. The van der Waals surface area contributed by atoms with Crippen molar-refractivity contribution in [1.82, 2.24) is 5.32 Å². The third-order valence-corrected chi connectivity index (χ3v) is 3.56. The fourth-order valence-corrected chi connectivity index (χ4v) is 2.22. The fraction of sp³-hybridized carbons (Fsp3) is 0.385. The molecule has 0 aliphatic carbocycles. The van der Waals surface area contributed by atoms with E-state index in [0.29, 0.717) is 10.8 Å². The Hall–Kier alpha value is -1.20. The minimum Gasteiger partial charge on any atom is -0.469 e. The molecule has 1 rings (SSSR count). The maximum atomic E-state index is 11.7. The van der Waals surface area contributed by atoms with E-state index in [0.717, 1.165) is 4.90 Å². The number of thioether (sulfide) groups is 1. The number of benzene rings is 1. The third-order valence-electron chi connectivity index (χ3n) is 2.29. The van der Waals surface area contributed by atoms with Crippen molar-refractivity contribution < 1.29 is 14.3 Å². The van der Waals surface area contributed by atoms with E-state index < -0.39 is 0 Å². The number of halogens is 1. The van der Waals surface area contributed by atoms with E-state index in [4.69, 9.17) is 11.6 Å². The largest absolute Gasteiger partial charge is 0.469 e. The van der Waals surface area contributed by atoms with Crippen molar-refractivity contribution in [1.29, 1.82) is 0 Å². The lowest BCUT2D eigenvalue weighted by atomic mass is 10.2. The summed E-state index contributed by atoms with van der Waals surface area (Å²) in [6, 6.07) is 7.05. The number of hydrogen-bond acceptors (Lipinski definition) is 4. The zero-order valence-corrected chi connectivity index (χ0v) is 12.4. The van der Waals surface area contributed by atoms with E-state index in [-0.39, 0.29) is 24.3 Å². The summed E-state index contributed by atoms with van der Waals surface area (Å²) in [5.41, 5.74) is 0. The molecule has 0 saturated heterocycles. The van der Waals surface area contributed by atoms with Crippen molar-refractivity contribution in [3.63, 3.8) is 0 Å². The molecule has 0 aromatic heterocycles. The zero-order valence-electron chi connectivity index (χ0n) is 10.8. The lowest BCUT2D eigenvalue weighted by Gasteiger charge is -2.12. The molecular formula is C13H16ClNO3S. The van der Waals surface area contributed by atoms with Crippen LogP contribution in [0.5, 0.6) is 0 Å². The molecule has 0 heterocycles. The Morgan fingerprint density at radius 1 is 1.37 bits per heavy atom. The van der Waals surface area contributed by atoms with Crippen molar-refractivity contribution in [3.8, 4) is 0 Å². The predicted octanol–water partition coefficient (Wildman–Crippen LogP) is 2.50. The molecule has 0 fully saturated rings. The number of amides is 1. The number of methoxy groups -OCH3 is 1. The van der Waals surface area contributed by atoms with Crippen LogP contribution in [-0.4, -0.2) is 30.8 Å². The Kier molecular flexibility index (Phi) is 6.73. The van der Waals surface area contributed by atoms with Crippen LogP contribution < -0.4 is 5.32 Å². The molecule has 1 aromatic carbocycles. The molecule has 6 heteroatoms. The third kappa shape index (κ3) is 6.50. The molecule has 1 amide bonds. The van der Waals surface area contributed by atoms with E-state index in [1.54, 1.807) is 19.1 Å². The van der Waals surface area contributed by atoms with Crippen molar-refractivity contribution in [2.45, 2.75) is 24.3 Å². The SMILES string of the molecule is COC(=O)CC(C)NC(=O)CSc1ccc(Cl)cc1. The van der Waals surface area contributed by atoms with Gasteiger partial charge >= 0.3 is 5.97 Å². The van der Waals surface area contributed by atoms with E-state index >= 15 is 0 Å². The molecule has 1 atom stereocenters. The van der Waals surface area contributed by atoms with Gasteiger partial charge in [0.15, 0.2) is 0 Å². The summed E-state index contributed by atoms with van der Waals surface area (Å²) in [5.74, 6) is -0.151. The Labute approximate surface area is 121 Å². The Bertz CT molecular complexity index is 436. The average Bonchev–Trinajstić information content (AvgIpc) is 2.37. The van der Waals surface area contributed by atoms with Gasteiger partial charge in [-0.05, 0) is 31.2 Å². The predicted molar refractivity (Wildman–Crippen MR) is 76.4 cm³/mol. The van der Waals surface area contributed by atoms with Crippen molar-refractivity contribution in [2.24, 2.45) is 0 Å². The van der Waals surface area contributed by atoms with E-state index in [9.17, 15) is 9.59 Å². The average molecular weight is 302 g/mol. The lowest BCUT2D eigenvalue weighted by molar-refractivity contribution is -0.141. The molecule has 1 N–H and O–H groups in total. The lowest BCUT2D eigenvalue weighted by Crippen LogP contribution is -2.35. The highest BCUT2D eigenvalue weighted by molar-refractivity contribution is 8.00. The molecule has 0 aliphatic rings. The zero-order chi connectivity index (χ0) is 14.3. The second-order valence-corrected chi connectivity index (χ2v) is 5.48. The van der Waals surface area contributed by atoms with Gasteiger partial charge in [-0.1, -0.05) is 11.6 Å². The van der Waals surface area contributed by atoms with Gasteiger partial charge < -0.3 is 10.1 Å². The van der Waals surface area contributed by atoms with Crippen molar-refractivity contribution in [3.05, 3.63) is 29.3 Å². The molecule has 1 aromatic rings. The molecule has 4 nitrogen and oxygen atoms in total. The van der Waals surface area contributed by atoms with Crippen molar-refractivity contribution >= 4 is 35.2 Å². The van der Waals surface area contributed by atoms with Crippen LogP contribution in [0.1, 0.15) is 13.3 Å². The summed E-state index contributed by atoms with van der Waals surface area (Å²) in [6.45, 7) is 1.77. The van der Waals surface area contributed by atoms with Crippen LogP contribution in [0.25, 0.3) is 0 Å². The van der Waals surface area contributed by atoms with E-state index in [1.165, 1.54) is 18.9 Å². The fourth-order valence-electron chi connectivity index (χ4n) is 1.38. The van der Waals surface area contributed by atoms with Gasteiger partial charge in [0, 0.05) is 16.0 Å². The molecule has 1 unspecified atom stereocenters. The summed E-state index contributed by atoms with van der Waals surface area (Å²) in [6.07, 6.45) is 0.174. The molecule has 104 valence electrons. The monoisotopic (exact) mass is 301 g/mol. The number of hydrogen-bond donors (Lipinski definition) is 1. The van der Waals surface area contributed by atoms with Crippen LogP contribution in [0.4, 0.5) is 0 Å². The summed E-state index contributed by atoms with van der Waals surface area (Å²) < 4.78 is 4.53. The van der Waals surface area contributed by atoms with Crippen LogP contribution in [-0.2, 0) is 14.3 Å². The molecule has 0 aliphatic heterocycles. The van der Waals surface area contributed by atoms with Crippen LogP contribution in [0.2, 0.25) is 5.02 Å². The molecule has 0 radical (unpaired) electrons. The Morgan fingerprint density at radius 2 is 2.00 bits per heavy atom. The Morgan fingerprint density at radius 3 is 2.58 bits per heavy atom. The van der Waals surface area contributed by atoms with E-state index in [1.807, 2.05) is 12.1 Å². The van der Waals surface area contributed by atoms with Gasteiger partial charge in [0.05, 0.1) is 19.3 Å². The van der Waals surface area contributed by atoms with Crippen LogP contribution >= 0.6 is 23.4 Å². The molecule has 0 spiro atoms. The van der Waals surface area contributed by atoms with Crippen molar-refractivity contribution in [2.75, 3.05) is 12.9 Å². The minimum atomic E-state index is -0.335. The number of carbonyl (C=O) groups is 2. The highest BCUT2D eigenvalue weighted by atomic mass is 35.5. The second kappa shape index (κ2) is 8.07. The highest BCUT2D eigenvalue weighted by Crippen LogP contribution is 2.19. The highest BCUT2D eigenvalue weighted by Gasteiger charge is 2.12. The first kappa shape index (κ1) is 15.9. The smallest absolute Gasteiger partial charge is 0.307 e. The van der Waals surface area contributed by atoms with E-state index in [2.05, 4.69) is 10.1 Å². The van der Waals surface area contributed by atoms with Crippen LogP contribution in [0, 0.1) is 0 Å². The van der Waals surface area contributed by atoms with Gasteiger partial charge in [-0.2, -0.15) is 0 Å². The number of ether oxygens (including phenoxy) is 1. The molecular weight excluding hydrogens is 286 g/mol. The minimum absolute atomic E-state index is 0.114. The molecule has 0 saturated carbocycles. The number of rotatable bonds is 6. The topological polar surface area (TPSA) is 55.4 Å².